The van der Waals surface area contributed by atoms with Crippen molar-refractivity contribution in [2.75, 3.05) is 5.01 Å². The minimum absolute atomic E-state index is 0.318. The number of pyridine rings is 1. The van der Waals surface area contributed by atoms with Gasteiger partial charge in [-0.15, -0.1) is 11.8 Å². The van der Waals surface area contributed by atoms with Gasteiger partial charge in [-0.2, -0.15) is 0 Å². The number of carbonyl (C=O) groups is 1. The first-order chi connectivity index (χ1) is 15.7. The highest BCUT2D eigenvalue weighted by atomic mass is 32.2. The highest BCUT2D eigenvalue weighted by molar-refractivity contribution is 7.98. The Hall–Kier alpha value is -3.27. The Labute approximate surface area is 194 Å². The molecule has 3 N–H and O–H groups in total. The van der Waals surface area contributed by atoms with Crippen molar-refractivity contribution in [1.29, 1.82) is 0 Å². The van der Waals surface area contributed by atoms with Crippen LogP contribution < -0.4 is 10.4 Å². The minimum atomic E-state index is -2.76. The number of aromatic nitrogens is 1. The molecule has 2 aliphatic heterocycles. The van der Waals surface area contributed by atoms with Crippen molar-refractivity contribution in [1.82, 2.24) is 9.58 Å². The van der Waals surface area contributed by atoms with Crippen LogP contribution in [0.5, 0.6) is 5.75 Å². The molecule has 1 atom stereocenters. The van der Waals surface area contributed by atoms with Crippen molar-refractivity contribution in [3.63, 3.8) is 0 Å². The Balaban J connectivity index is 1.87. The molecule has 3 aromatic rings. The molecule has 0 spiro atoms. The average Bonchev–Trinajstić information content (AvgIpc) is 2.93. The number of hydrogen-bond acceptors (Lipinski definition) is 7. The van der Waals surface area contributed by atoms with E-state index in [4.69, 9.17) is 0 Å². The lowest BCUT2D eigenvalue weighted by atomic mass is 9.94. The van der Waals surface area contributed by atoms with Gasteiger partial charge in [0.15, 0.2) is 11.4 Å². The van der Waals surface area contributed by atoms with Gasteiger partial charge in [0.05, 0.1) is 0 Å². The molecule has 0 saturated heterocycles. The third-order valence-electron chi connectivity index (χ3n) is 6.05. The van der Waals surface area contributed by atoms with Crippen LogP contribution >= 0.6 is 11.8 Å². The number of benzene rings is 2. The van der Waals surface area contributed by atoms with Gasteiger partial charge in [0, 0.05) is 29.0 Å². The summed E-state index contributed by atoms with van der Waals surface area (Å²) in [7, 11) is 0. The van der Waals surface area contributed by atoms with Gasteiger partial charge < -0.3 is 15.3 Å². The van der Waals surface area contributed by atoms with E-state index >= 15 is 0 Å². The third kappa shape index (κ3) is 3.15. The SMILES string of the molecule is CC(C)N1C(=O)c2c(O)c(=O)ccn2N(C2c3ccccc3CSc3ccccc32)C1(O)O. The molecule has 0 bridgehead atoms. The molecule has 3 heterocycles. The maximum absolute atomic E-state index is 13.3. The predicted octanol–water partition coefficient (Wildman–Crippen LogP) is 2.35. The van der Waals surface area contributed by atoms with Crippen molar-refractivity contribution in [2.24, 2.45) is 0 Å². The number of aliphatic hydroxyl groups is 2. The van der Waals surface area contributed by atoms with Crippen LogP contribution in [-0.4, -0.2) is 42.9 Å². The molecule has 5 rings (SSSR count). The smallest absolute Gasteiger partial charge is 0.355 e. The summed E-state index contributed by atoms with van der Waals surface area (Å²) < 4.78 is 1.19. The second kappa shape index (κ2) is 7.65. The Morgan fingerprint density at radius 3 is 2.39 bits per heavy atom. The first-order valence-electron chi connectivity index (χ1n) is 10.6. The topological polar surface area (TPSA) is 106 Å². The van der Waals surface area contributed by atoms with E-state index in [1.807, 2.05) is 48.5 Å². The molecule has 0 aliphatic carbocycles. The van der Waals surface area contributed by atoms with E-state index < -0.39 is 35.2 Å². The number of aromatic hydroxyl groups is 1. The maximum atomic E-state index is 13.3. The van der Waals surface area contributed by atoms with Crippen molar-refractivity contribution >= 4 is 17.7 Å². The van der Waals surface area contributed by atoms with Crippen molar-refractivity contribution < 1.29 is 20.1 Å². The van der Waals surface area contributed by atoms with Gasteiger partial charge in [-0.1, -0.05) is 42.5 Å². The van der Waals surface area contributed by atoms with Gasteiger partial charge in [0.1, 0.15) is 6.04 Å². The largest absolute Gasteiger partial charge is 0.502 e. The van der Waals surface area contributed by atoms with E-state index in [2.05, 4.69) is 0 Å². The summed E-state index contributed by atoms with van der Waals surface area (Å²) in [4.78, 5) is 27.3. The van der Waals surface area contributed by atoms with Crippen LogP contribution in [0.15, 0.2) is 70.5 Å². The fraction of sp³-hybridized carbons (Fsp3) is 0.250. The average molecular weight is 466 g/mol. The van der Waals surface area contributed by atoms with E-state index in [0.717, 1.165) is 32.6 Å². The summed E-state index contributed by atoms with van der Waals surface area (Å²) in [6, 6.07) is 12.3. The maximum Gasteiger partial charge on any atom is 0.355 e. The number of rotatable bonds is 2. The predicted molar refractivity (Wildman–Crippen MR) is 123 cm³/mol. The highest BCUT2D eigenvalue weighted by Gasteiger charge is 2.54. The molecule has 2 aliphatic rings. The molecular weight excluding hydrogens is 442 g/mol. The molecule has 2 aromatic carbocycles. The van der Waals surface area contributed by atoms with Gasteiger partial charge in [-0.25, -0.2) is 9.69 Å². The summed E-state index contributed by atoms with van der Waals surface area (Å²) in [5.41, 5.74) is 1.59. The molecule has 0 saturated carbocycles. The molecule has 8 nitrogen and oxygen atoms in total. The van der Waals surface area contributed by atoms with Crippen LogP contribution in [0, 0.1) is 0 Å². The molecule has 0 fully saturated rings. The number of fused-ring (bicyclic) bond motifs is 3. The Kier molecular flexibility index (Phi) is 5.00. The molecular formula is C24H23N3O5S. The lowest BCUT2D eigenvalue weighted by molar-refractivity contribution is -0.272. The summed E-state index contributed by atoms with van der Waals surface area (Å²) in [6.45, 7) is 3.27. The van der Waals surface area contributed by atoms with Crippen LogP contribution in [0.4, 0.5) is 0 Å². The first-order valence-corrected chi connectivity index (χ1v) is 11.5. The fourth-order valence-corrected chi connectivity index (χ4v) is 5.73. The van der Waals surface area contributed by atoms with Crippen LogP contribution in [0.1, 0.15) is 47.1 Å². The van der Waals surface area contributed by atoms with E-state index in [9.17, 15) is 24.9 Å². The van der Waals surface area contributed by atoms with Gasteiger partial charge in [-0.3, -0.25) is 14.5 Å². The monoisotopic (exact) mass is 465 g/mol. The lowest BCUT2D eigenvalue weighted by Gasteiger charge is -2.52. The number of hydrogen-bond donors (Lipinski definition) is 3. The molecule has 0 radical (unpaired) electrons. The molecule has 1 amide bonds. The Morgan fingerprint density at radius 1 is 1.00 bits per heavy atom. The third-order valence-corrected chi connectivity index (χ3v) is 7.18. The van der Waals surface area contributed by atoms with Crippen LogP contribution in [0.25, 0.3) is 0 Å². The Bertz CT molecular complexity index is 1270. The minimum Gasteiger partial charge on any atom is -0.502 e. The van der Waals surface area contributed by atoms with Gasteiger partial charge in [0.2, 0.25) is 5.43 Å². The zero-order valence-corrected chi connectivity index (χ0v) is 18.9. The molecule has 170 valence electrons. The quantitative estimate of drug-likeness (QED) is 0.499. The standard InChI is InChI=1S/C24H23N3O5S/c1-14(2)26-23(30)21-22(29)18(28)11-12-25(21)27(24(26,31)32)20-16-8-4-3-7-15(16)13-33-19-10-6-5-9-17(19)20/h3-12,14,20,29,31-32H,13H2,1-2H3. The van der Waals surface area contributed by atoms with E-state index in [1.165, 1.54) is 15.9 Å². The first kappa shape index (κ1) is 21.6. The number of thioether (sulfide) groups is 1. The number of amides is 1. The van der Waals surface area contributed by atoms with Crippen molar-refractivity contribution in [3.05, 3.63) is 93.4 Å². The second-order valence-corrected chi connectivity index (χ2v) is 9.38. The highest BCUT2D eigenvalue weighted by Crippen LogP contribution is 2.45. The van der Waals surface area contributed by atoms with Crippen LogP contribution in [0.3, 0.4) is 0 Å². The van der Waals surface area contributed by atoms with Crippen molar-refractivity contribution in [2.45, 2.75) is 42.6 Å². The van der Waals surface area contributed by atoms with Gasteiger partial charge in [0.25, 0.3) is 5.91 Å². The number of nitrogens with zero attached hydrogens (tertiary/aromatic N) is 3. The summed E-state index contributed by atoms with van der Waals surface area (Å²) in [6.07, 6.45) is 1.29. The molecule has 9 heteroatoms. The summed E-state index contributed by atoms with van der Waals surface area (Å²) in [5.74, 6) is -0.916. The normalized spacial score (nSPS) is 19.1. The van der Waals surface area contributed by atoms with Crippen LogP contribution in [0.2, 0.25) is 0 Å². The fourth-order valence-electron chi connectivity index (χ4n) is 4.64. The summed E-state index contributed by atoms with van der Waals surface area (Å²) in [5, 5.41) is 34.9. The second-order valence-electron chi connectivity index (χ2n) is 8.36. The lowest BCUT2D eigenvalue weighted by Crippen LogP contribution is -2.72. The van der Waals surface area contributed by atoms with Crippen molar-refractivity contribution in [3.8, 4) is 5.75 Å². The number of carbonyl (C=O) groups excluding carboxylic acids is 1. The van der Waals surface area contributed by atoms with Crippen LogP contribution in [-0.2, 0) is 5.75 Å². The molecule has 33 heavy (non-hydrogen) atoms. The van der Waals surface area contributed by atoms with E-state index in [0.29, 0.717) is 5.75 Å². The molecule has 1 unspecified atom stereocenters. The van der Waals surface area contributed by atoms with Gasteiger partial charge >= 0.3 is 6.03 Å². The zero-order valence-electron chi connectivity index (χ0n) is 18.0. The Morgan fingerprint density at radius 2 is 1.67 bits per heavy atom. The summed E-state index contributed by atoms with van der Waals surface area (Å²) >= 11 is 1.64. The molecule has 1 aromatic heterocycles. The van der Waals surface area contributed by atoms with E-state index in [1.54, 1.807) is 25.6 Å². The zero-order chi connectivity index (χ0) is 23.5. The van der Waals surface area contributed by atoms with Gasteiger partial charge in [-0.05, 0) is 36.6 Å². The van der Waals surface area contributed by atoms with E-state index in [-0.39, 0.29) is 5.69 Å².